The molecule has 6 aromatic carbocycles. The second-order valence-electron chi connectivity index (χ2n) is 21.3. The van der Waals surface area contributed by atoms with E-state index < -0.39 is 92.2 Å². The summed E-state index contributed by atoms with van der Waals surface area (Å²) < 4.78 is 101. The Kier molecular flexibility index (Phi) is 22.0. The number of thiophene rings is 1. The summed E-state index contributed by atoms with van der Waals surface area (Å²) in [6.07, 6.45) is -6.38. The van der Waals surface area contributed by atoms with E-state index in [4.69, 9.17) is 14.2 Å². The molecule has 9 rings (SSSR count). The molecule has 7 aromatic rings. The maximum absolute atomic E-state index is 13.9. The van der Waals surface area contributed by atoms with E-state index in [-0.39, 0.29) is 79.2 Å². The number of hydrogen-bond donors (Lipinski definition) is 4. The predicted molar refractivity (Wildman–Crippen MR) is 324 cm³/mol. The van der Waals surface area contributed by atoms with Crippen molar-refractivity contribution in [2.24, 2.45) is 5.92 Å². The Morgan fingerprint density at radius 1 is 0.621 bits per heavy atom. The zero-order valence-electron chi connectivity index (χ0n) is 48.1. The van der Waals surface area contributed by atoms with E-state index in [9.17, 15) is 55.0 Å². The van der Waals surface area contributed by atoms with Crippen LogP contribution in [0.3, 0.4) is 0 Å². The average Bonchev–Trinajstić information content (AvgIpc) is 4.50. The van der Waals surface area contributed by atoms with Crippen LogP contribution in [0.4, 0.5) is 29.7 Å². The number of benzene rings is 6. The fourth-order valence-corrected chi connectivity index (χ4v) is 13.8. The highest BCUT2D eigenvalue weighted by molar-refractivity contribution is 7.89. The maximum atomic E-state index is 13.9. The summed E-state index contributed by atoms with van der Waals surface area (Å²) in [5, 5.41) is 30.4. The van der Waals surface area contributed by atoms with E-state index in [1.807, 2.05) is 79.9 Å². The molecule has 87 heavy (non-hydrogen) atoms. The molecule has 0 aliphatic carbocycles. The molecule has 1 aromatic heterocycles. The number of anilines is 2. The van der Waals surface area contributed by atoms with Crippen molar-refractivity contribution in [3.63, 3.8) is 0 Å². The van der Waals surface area contributed by atoms with E-state index in [2.05, 4.69) is 10.6 Å². The number of carbonyl (C=O) groups excluding carboxylic acids is 4. The number of sulfonamides is 2. The molecule has 0 spiro atoms. The fourth-order valence-electron chi connectivity index (χ4n) is 9.77. The number of nitrogens with one attached hydrogen (secondary N) is 2. The Bertz CT molecular complexity index is 3700. The van der Waals surface area contributed by atoms with Gasteiger partial charge in [-0.2, -0.15) is 8.61 Å². The predicted octanol–water partition coefficient (Wildman–Crippen LogP) is 8.10. The Labute approximate surface area is 508 Å². The number of carbonyl (C=O) groups is 4. The molecule has 2 aliphatic heterocycles. The normalized spacial score (nSPS) is 16.6. The number of rotatable bonds is 25. The zero-order valence-corrected chi connectivity index (χ0v) is 50.5. The Balaban J connectivity index is 0.000000226. The first kappa shape index (κ1) is 64.9. The molecule has 0 saturated carbocycles. The van der Waals surface area contributed by atoms with Crippen molar-refractivity contribution < 1.29 is 69.2 Å². The van der Waals surface area contributed by atoms with Crippen molar-refractivity contribution in [2.75, 3.05) is 49.6 Å². The standard InChI is InChI=1S/C32H32FN3O7S2.C31H36FN3O6S/c1-42-25-12-6-14-27(18-25)45(40,41)35(19-26-13-7-15-44-26)20-29(37)28(16-22-8-3-2-4-9-22)34-31(38)30-21-36(32(39)43-30)24-11-5-10-23(33)17-24;1-21(2)18-34(42(39,40)26-14-7-9-22(3)15-26)19-28(36)27(16-23-10-5-4-6-11-23)33-30(37)29-20-35(31(38)41-29)25-13-8-12-24(32)17-25/h2-15,17-18,28-30,37H,16,19-21H2,1H3,(H,34,38);4-15,17,21,27-29,36H,16,18-20H2,1-3H3,(H,33,37)/t28-,29+,30-;27-,28+,29-/m00/s1. The number of ether oxygens (including phenoxy) is 3. The lowest BCUT2D eigenvalue weighted by Crippen LogP contribution is -2.53. The molecule has 460 valence electrons. The molecule has 24 heteroatoms. The first-order chi connectivity index (χ1) is 41.6. The number of cyclic esters (lactones) is 2. The van der Waals surface area contributed by atoms with Crippen LogP contribution in [0.15, 0.2) is 185 Å². The molecular weight excluding hydrogens is 1180 g/mol. The summed E-state index contributed by atoms with van der Waals surface area (Å²) in [5.41, 5.74) is 2.87. The van der Waals surface area contributed by atoms with Gasteiger partial charge >= 0.3 is 12.2 Å². The van der Waals surface area contributed by atoms with Crippen LogP contribution in [-0.4, -0.2) is 136 Å². The second-order valence-corrected chi connectivity index (χ2v) is 26.2. The van der Waals surface area contributed by atoms with Crippen LogP contribution in [0.2, 0.25) is 0 Å². The smallest absolute Gasteiger partial charge is 0.415 e. The monoisotopic (exact) mass is 1250 g/mol. The van der Waals surface area contributed by atoms with Crippen molar-refractivity contribution in [1.82, 2.24) is 19.2 Å². The van der Waals surface area contributed by atoms with E-state index >= 15 is 0 Å². The summed E-state index contributed by atoms with van der Waals surface area (Å²) in [6, 6.07) is 43.4. The van der Waals surface area contributed by atoms with Gasteiger partial charge in [0.15, 0.2) is 12.2 Å². The van der Waals surface area contributed by atoms with E-state index in [1.165, 1.54) is 87.7 Å². The van der Waals surface area contributed by atoms with Crippen LogP contribution in [0.1, 0.15) is 35.4 Å². The van der Waals surface area contributed by atoms with Crippen LogP contribution >= 0.6 is 11.3 Å². The first-order valence-corrected chi connectivity index (χ1v) is 31.6. The molecule has 3 heterocycles. The first-order valence-electron chi connectivity index (χ1n) is 27.8. The van der Waals surface area contributed by atoms with Crippen LogP contribution in [-0.2, 0) is 58.5 Å². The van der Waals surface area contributed by atoms with Gasteiger partial charge < -0.3 is 35.1 Å². The molecule has 4 N–H and O–H groups in total. The van der Waals surface area contributed by atoms with Gasteiger partial charge in [0, 0.05) is 37.1 Å². The molecule has 0 bridgehead atoms. The van der Waals surface area contributed by atoms with Gasteiger partial charge in [-0.05, 0) is 114 Å². The lowest BCUT2D eigenvalue weighted by Gasteiger charge is -2.31. The van der Waals surface area contributed by atoms with E-state index in [1.54, 1.807) is 49.4 Å². The molecule has 6 atom stereocenters. The van der Waals surface area contributed by atoms with Crippen LogP contribution < -0.4 is 25.2 Å². The Morgan fingerprint density at radius 2 is 1.09 bits per heavy atom. The number of hydrogen-bond acceptors (Lipinski definition) is 14. The summed E-state index contributed by atoms with van der Waals surface area (Å²) in [4.78, 5) is 55.0. The van der Waals surface area contributed by atoms with Crippen LogP contribution in [0, 0.1) is 24.5 Å². The molecular formula is C63H68F2N6O13S3. The number of methoxy groups -OCH3 is 1. The third kappa shape index (κ3) is 17.3. The highest BCUT2D eigenvalue weighted by Gasteiger charge is 2.41. The zero-order chi connectivity index (χ0) is 62.4. The van der Waals surface area contributed by atoms with Gasteiger partial charge in [-0.25, -0.2) is 35.2 Å². The molecule has 2 aliphatic rings. The van der Waals surface area contributed by atoms with Gasteiger partial charge in [0.2, 0.25) is 20.0 Å². The summed E-state index contributed by atoms with van der Waals surface area (Å²) in [6.45, 7) is 4.77. The highest BCUT2D eigenvalue weighted by Crippen LogP contribution is 2.28. The van der Waals surface area contributed by atoms with Gasteiger partial charge in [0.05, 0.1) is 65.7 Å². The average molecular weight is 1250 g/mol. The Hall–Kier alpha value is -8.10. The summed E-state index contributed by atoms with van der Waals surface area (Å²) in [7, 11) is -6.64. The quantitative estimate of drug-likeness (QED) is 0.0424. The van der Waals surface area contributed by atoms with Gasteiger partial charge in [0.25, 0.3) is 11.8 Å². The van der Waals surface area contributed by atoms with Crippen molar-refractivity contribution in [1.29, 1.82) is 0 Å². The minimum atomic E-state index is -4.12. The van der Waals surface area contributed by atoms with E-state index in [0.29, 0.717) is 5.75 Å². The Morgan fingerprint density at radius 3 is 1.55 bits per heavy atom. The minimum absolute atomic E-state index is 0.00967. The number of amides is 4. The van der Waals surface area contributed by atoms with Crippen molar-refractivity contribution in [3.05, 3.63) is 208 Å². The largest absolute Gasteiger partial charge is 0.497 e. The van der Waals surface area contributed by atoms with Crippen LogP contribution in [0.25, 0.3) is 0 Å². The number of aliphatic hydroxyl groups is 2. The van der Waals surface area contributed by atoms with Crippen molar-refractivity contribution in [3.8, 4) is 5.75 Å². The van der Waals surface area contributed by atoms with Gasteiger partial charge in [-0.1, -0.05) is 111 Å². The summed E-state index contributed by atoms with van der Waals surface area (Å²) in [5.74, 6) is -2.09. The number of nitrogens with zero attached hydrogens (tertiary/aromatic N) is 4. The third-order valence-corrected chi connectivity index (χ3v) is 18.7. The summed E-state index contributed by atoms with van der Waals surface area (Å²) >= 11 is 1.38. The highest BCUT2D eigenvalue weighted by atomic mass is 32.2. The number of halogens is 2. The molecule has 2 fully saturated rings. The molecule has 0 radical (unpaired) electrons. The van der Waals surface area contributed by atoms with Gasteiger partial charge in [-0.15, -0.1) is 11.3 Å². The lowest BCUT2D eigenvalue weighted by molar-refractivity contribution is -0.130. The molecule has 0 unspecified atom stereocenters. The van der Waals surface area contributed by atoms with E-state index in [0.717, 1.165) is 37.4 Å². The third-order valence-electron chi connectivity index (χ3n) is 14.2. The van der Waals surface area contributed by atoms with Gasteiger partial charge in [0.1, 0.15) is 17.4 Å². The molecule has 4 amide bonds. The van der Waals surface area contributed by atoms with Crippen LogP contribution in [0.5, 0.6) is 5.75 Å². The fraction of sp³-hybridized carbons (Fsp3) is 0.302. The van der Waals surface area contributed by atoms with Crippen molar-refractivity contribution in [2.45, 2.75) is 86.4 Å². The lowest BCUT2D eigenvalue weighted by atomic mass is 10.0. The number of aryl methyl sites for hydroxylation is 1. The molecule has 2 saturated heterocycles. The SMILES string of the molecule is COc1cccc(S(=O)(=O)N(Cc2cccs2)C[C@@H](O)[C@H](Cc2ccccc2)NC(=O)[C@@H]2CN(c3cccc(F)c3)C(=O)O2)c1.Cc1cccc(S(=O)(=O)N(CC(C)C)C[C@@H](O)[C@H](Cc2ccccc2)NC(=O)[C@@H]2CN(c3cccc(F)c3)C(=O)O2)c1. The topological polar surface area (TPSA) is 242 Å². The minimum Gasteiger partial charge on any atom is -0.497 e. The molecule has 19 nitrogen and oxygen atoms in total. The number of aliphatic hydroxyl groups excluding tert-OH is 2. The van der Waals surface area contributed by atoms with Gasteiger partial charge in [-0.3, -0.25) is 19.4 Å². The second kappa shape index (κ2) is 29.5. The maximum Gasteiger partial charge on any atom is 0.415 e. The van der Waals surface area contributed by atoms with Crippen molar-refractivity contribution >= 4 is 66.8 Å².